The molecule has 0 N–H and O–H groups in total. The minimum atomic E-state index is -0.155. The molecule has 2 rings (SSSR count). The number of ether oxygens (including phenoxy) is 1. The van der Waals surface area contributed by atoms with E-state index < -0.39 is 0 Å². The Morgan fingerprint density at radius 2 is 1.18 bits per heavy atom. The summed E-state index contributed by atoms with van der Waals surface area (Å²) < 4.78 is 5.89. The molecule has 2 aliphatic rings. The van der Waals surface area contributed by atoms with Crippen molar-refractivity contribution in [3.63, 3.8) is 0 Å². The number of carbonyl (C=O) groups is 1. The molecule has 3 heteroatoms. The van der Waals surface area contributed by atoms with E-state index in [9.17, 15) is 4.79 Å². The summed E-state index contributed by atoms with van der Waals surface area (Å²) in [4.78, 5) is 15.1. The van der Waals surface area contributed by atoms with Crippen LogP contribution in [-0.2, 0) is 9.53 Å². The summed E-state index contributed by atoms with van der Waals surface area (Å²) in [7, 11) is 0. The Bertz CT molecular complexity index is 536. The van der Waals surface area contributed by atoms with E-state index in [0.717, 1.165) is 43.7 Å². The van der Waals surface area contributed by atoms with Gasteiger partial charge in [-0.1, -0.05) is 104 Å². The number of carbonyl (C=O) groups excluding carboxylic acids is 1. The van der Waals surface area contributed by atoms with Gasteiger partial charge in [-0.2, -0.15) is 0 Å². The predicted octanol–water partition coefficient (Wildman–Crippen LogP) is 8.71. The van der Waals surface area contributed by atoms with Gasteiger partial charge in [-0.05, 0) is 69.4 Å². The standard InChI is InChI=1S/C31H57NO2/c1-5-8-11-12-27-13-15-28(16-14-27)17-18-29-19-21-30(22-20-29)34-31(33)26(4)25-32(23-9-6-2)24-10-7-3/h27-30H,4-25H2,1-3H3. The maximum Gasteiger partial charge on any atom is 0.334 e. The zero-order valence-electron chi connectivity index (χ0n) is 23.1. The summed E-state index contributed by atoms with van der Waals surface area (Å²) in [5, 5.41) is 0. The second kappa shape index (κ2) is 17.6. The maximum absolute atomic E-state index is 12.7. The molecule has 198 valence electrons. The summed E-state index contributed by atoms with van der Waals surface area (Å²) in [6.07, 6.45) is 23.8. The van der Waals surface area contributed by atoms with Gasteiger partial charge in [-0.3, -0.25) is 4.90 Å². The molecule has 2 fully saturated rings. The van der Waals surface area contributed by atoms with Gasteiger partial charge in [-0.25, -0.2) is 4.79 Å². The van der Waals surface area contributed by atoms with E-state index in [0.29, 0.717) is 12.1 Å². The summed E-state index contributed by atoms with van der Waals surface area (Å²) >= 11 is 0. The molecule has 0 atom stereocenters. The Morgan fingerprint density at radius 3 is 1.68 bits per heavy atom. The first-order chi connectivity index (χ1) is 16.5. The first-order valence-corrected chi connectivity index (χ1v) is 15.2. The van der Waals surface area contributed by atoms with Crippen LogP contribution in [0.25, 0.3) is 0 Å². The average Bonchev–Trinajstić information content (AvgIpc) is 2.86. The summed E-state index contributed by atoms with van der Waals surface area (Å²) in [6.45, 7) is 13.6. The molecule has 0 aliphatic heterocycles. The molecule has 0 unspecified atom stereocenters. The van der Waals surface area contributed by atoms with Gasteiger partial charge in [0.15, 0.2) is 0 Å². The van der Waals surface area contributed by atoms with Crippen molar-refractivity contribution in [2.45, 2.75) is 142 Å². The van der Waals surface area contributed by atoms with Crippen molar-refractivity contribution in [1.82, 2.24) is 4.90 Å². The molecular weight excluding hydrogens is 418 g/mol. The first-order valence-electron chi connectivity index (χ1n) is 15.2. The zero-order chi connectivity index (χ0) is 24.6. The fourth-order valence-corrected chi connectivity index (χ4v) is 6.10. The minimum absolute atomic E-state index is 0.110. The lowest BCUT2D eigenvalue weighted by atomic mass is 9.76. The maximum atomic E-state index is 12.7. The van der Waals surface area contributed by atoms with E-state index in [-0.39, 0.29) is 12.1 Å². The van der Waals surface area contributed by atoms with Crippen molar-refractivity contribution in [2.75, 3.05) is 19.6 Å². The third kappa shape index (κ3) is 11.7. The van der Waals surface area contributed by atoms with Crippen LogP contribution >= 0.6 is 0 Å². The highest BCUT2D eigenvalue weighted by atomic mass is 16.5. The molecule has 3 nitrogen and oxygen atoms in total. The molecule has 0 aromatic heterocycles. The van der Waals surface area contributed by atoms with Crippen LogP contribution in [-0.4, -0.2) is 36.6 Å². The third-order valence-electron chi connectivity index (χ3n) is 8.59. The van der Waals surface area contributed by atoms with Crippen LogP contribution in [0.3, 0.4) is 0 Å². The molecular formula is C31H57NO2. The van der Waals surface area contributed by atoms with Crippen LogP contribution < -0.4 is 0 Å². The number of unbranched alkanes of at least 4 members (excludes halogenated alkanes) is 4. The van der Waals surface area contributed by atoms with Gasteiger partial charge in [0.2, 0.25) is 0 Å². The van der Waals surface area contributed by atoms with Gasteiger partial charge >= 0.3 is 5.97 Å². The topological polar surface area (TPSA) is 29.5 Å². The highest BCUT2D eigenvalue weighted by molar-refractivity contribution is 5.88. The van der Waals surface area contributed by atoms with Crippen molar-refractivity contribution in [3.05, 3.63) is 12.2 Å². The van der Waals surface area contributed by atoms with Gasteiger partial charge in [0.1, 0.15) is 6.10 Å². The summed E-state index contributed by atoms with van der Waals surface area (Å²) in [6, 6.07) is 0. The van der Waals surface area contributed by atoms with E-state index in [1.54, 1.807) is 0 Å². The number of esters is 1. The van der Waals surface area contributed by atoms with E-state index in [4.69, 9.17) is 4.74 Å². The molecule has 2 saturated carbocycles. The van der Waals surface area contributed by atoms with Crippen LogP contribution in [0.5, 0.6) is 0 Å². The summed E-state index contributed by atoms with van der Waals surface area (Å²) in [5.74, 6) is 2.69. The number of hydrogen-bond acceptors (Lipinski definition) is 3. The Labute approximate surface area is 212 Å². The molecule has 0 radical (unpaired) electrons. The molecule has 0 saturated heterocycles. The Balaban J connectivity index is 1.59. The first kappa shape index (κ1) is 29.4. The Morgan fingerprint density at radius 1 is 0.706 bits per heavy atom. The number of hydrogen-bond donors (Lipinski definition) is 0. The van der Waals surface area contributed by atoms with Crippen molar-refractivity contribution < 1.29 is 9.53 Å². The largest absolute Gasteiger partial charge is 0.459 e. The molecule has 0 aromatic carbocycles. The minimum Gasteiger partial charge on any atom is -0.459 e. The van der Waals surface area contributed by atoms with E-state index >= 15 is 0 Å². The van der Waals surface area contributed by atoms with Crippen LogP contribution in [0.15, 0.2) is 12.2 Å². The Hall–Kier alpha value is -0.830. The predicted molar refractivity (Wildman–Crippen MR) is 146 cm³/mol. The van der Waals surface area contributed by atoms with E-state index in [1.807, 2.05) is 0 Å². The smallest absolute Gasteiger partial charge is 0.334 e. The van der Waals surface area contributed by atoms with E-state index in [1.165, 1.54) is 103 Å². The van der Waals surface area contributed by atoms with Crippen LogP contribution in [0.1, 0.15) is 136 Å². The second-order valence-corrected chi connectivity index (χ2v) is 11.6. The van der Waals surface area contributed by atoms with Crippen molar-refractivity contribution in [1.29, 1.82) is 0 Å². The van der Waals surface area contributed by atoms with Crippen LogP contribution in [0.2, 0.25) is 0 Å². The summed E-state index contributed by atoms with van der Waals surface area (Å²) in [5.41, 5.74) is 0.639. The number of nitrogens with zero attached hydrogens (tertiary/aromatic N) is 1. The lowest BCUT2D eigenvalue weighted by Gasteiger charge is -2.32. The molecule has 0 amide bonds. The molecule has 0 aromatic rings. The van der Waals surface area contributed by atoms with Gasteiger partial charge in [0.25, 0.3) is 0 Å². The van der Waals surface area contributed by atoms with Gasteiger partial charge in [0.05, 0.1) is 0 Å². The van der Waals surface area contributed by atoms with Gasteiger partial charge in [-0.15, -0.1) is 0 Å². The van der Waals surface area contributed by atoms with Crippen LogP contribution in [0.4, 0.5) is 0 Å². The van der Waals surface area contributed by atoms with Gasteiger partial charge < -0.3 is 4.74 Å². The zero-order valence-corrected chi connectivity index (χ0v) is 23.1. The molecule has 0 bridgehead atoms. The molecule has 0 spiro atoms. The highest BCUT2D eigenvalue weighted by Crippen LogP contribution is 2.37. The van der Waals surface area contributed by atoms with E-state index in [2.05, 4.69) is 32.3 Å². The van der Waals surface area contributed by atoms with Crippen molar-refractivity contribution in [2.24, 2.45) is 17.8 Å². The second-order valence-electron chi connectivity index (χ2n) is 11.6. The molecule has 0 heterocycles. The van der Waals surface area contributed by atoms with Crippen LogP contribution in [0, 0.1) is 17.8 Å². The number of rotatable bonds is 17. The molecule has 34 heavy (non-hydrogen) atoms. The third-order valence-corrected chi connectivity index (χ3v) is 8.59. The van der Waals surface area contributed by atoms with Gasteiger partial charge in [0, 0.05) is 12.1 Å². The SMILES string of the molecule is C=C(CN(CCCC)CCCC)C(=O)OC1CCC(CCC2CCC(CCCCC)CC2)CC1. The highest BCUT2D eigenvalue weighted by Gasteiger charge is 2.27. The molecule has 2 aliphatic carbocycles. The normalized spacial score (nSPS) is 25.4. The lowest BCUT2D eigenvalue weighted by Crippen LogP contribution is -2.32. The fraction of sp³-hybridized carbons (Fsp3) is 0.903. The fourth-order valence-electron chi connectivity index (χ4n) is 6.10. The van der Waals surface area contributed by atoms with Crippen molar-refractivity contribution in [3.8, 4) is 0 Å². The Kier molecular flexibility index (Phi) is 15.2. The lowest BCUT2D eigenvalue weighted by molar-refractivity contribution is -0.146. The monoisotopic (exact) mass is 475 g/mol. The average molecular weight is 476 g/mol. The quantitative estimate of drug-likeness (QED) is 0.120. The van der Waals surface area contributed by atoms with Crippen molar-refractivity contribution >= 4 is 5.97 Å².